The van der Waals surface area contributed by atoms with Crippen LogP contribution in [0.5, 0.6) is 0 Å². The molecule has 3 N–H and O–H groups in total. The molecule has 124 valence electrons. The van der Waals surface area contributed by atoms with Crippen molar-refractivity contribution < 1.29 is 4.79 Å². The van der Waals surface area contributed by atoms with E-state index < -0.39 is 0 Å². The molecule has 0 radical (unpaired) electrons. The Labute approximate surface area is 143 Å². The highest BCUT2D eigenvalue weighted by Crippen LogP contribution is 2.28. The molecule has 1 aromatic rings. The minimum atomic E-state index is -0.0188. The summed E-state index contributed by atoms with van der Waals surface area (Å²) < 4.78 is 0. The van der Waals surface area contributed by atoms with Crippen molar-refractivity contribution in [2.75, 3.05) is 24.2 Å². The molecule has 1 aliphatic rings. The number of urea groups is 1. The summed E-state index contributed by atoms with van der Waals surface area (Å²) in [7, 11) is 0. The van der Waals surface area contributed by atoms with E-state index in [9.17, 15) is 4.79 Å². The number of rotatable bonds is 5. The minimum absolute atomic E-state index is 0. The van der Waals surface area contributed by atoms with Crippen LogP contribution in [-0.2, 0) is 0 Å². The Morgan fingerprint density at radius 3 is 2.91 bits per heavy atom. The van der Waals surface area contributed by atoms with Crippen LogP contribution in [0.15, 0.2) is 29.2 Å². The molecular formula is C16H26ClN3OS. The summed E-state index contributed by atoms with van der Waals surface area (Å²) in [5.74, 6) is 1.06. The summed E-state index contributed by atoms with van der Waals surface area (Å²) in [6, 6.07) is 8.16. The summed E-state index contributed by atoms with van der Waals surface area (Å²) in [5, 5.41) is 3.06. The van der Waals surface area contributed by atoms with Crippen molar-refractivity contribution in [2.45, 2.75) is 43.5 Å². The molecule has 0 bridgehead atoms. The number of nitrogens with zero attached hydrogens (tertiary/aromatic N) is 1. The molecule has 1 fully saturated rings. The number of para-hydroxylation sites is 1. The molecule has 0 aromatic heterocycles. The number of anilines is 1. The van der Waals surface area contributed by atoms with Crippen LogP contribution >= 0.6 is 24.2 Å². The number of hydrogen-bond donors (Lipinski definition) is 2. The van der Waals surface area contributed by atoms with Crippen LogP contribution in [0.2, 0.25) is 0 Å². The van der Waals surface area contributed by atoms with Gasteiger partial charge in [-0.05, 0) is 43.6 Å². The monoisotopic (exact) mass is 343 g/mol. The van der Waals surface area contributed by atoms with E-state index in [1.54, 1.807) is 11.8 Å². The molecule has 1 unspecified atom stereocenters. The SMILES string of the molecule is CCCSc1ccccc1NC(=O)N1CCCCC1CN.Cl. The Kier molecular flexibility index (Phi) is 8.68. The first-order chi connectivity index (χ1) is 10.3. The van der Waals surface area contributed by atoms with Crippen molar-refractivity contribution >= 4 is 35.9 Å². The van der Waals surface area contributed by atoms with Gasteiger partial charge in [-0.25, -0.2) is 4.79 Å². The van der Waals surface area contributed by atoms with E-state index in [-0.39, 0.29) is 24.5 Å². The van der Waals surface area contributed by atoms with Crippen LogP contribution in [0.1, 0.15) is 32.6 Å². The predicted octanol–water partition coefficient (Wildman–Crippen LogP) is 3.96. The maximum atomic E-state index is 12.5. The Balaban J connectivity index is 0.00000242. The molecule has 22 heavy (non-hydrogen) atoms. The average Bonchev–Trinajstić information content (AvgIpc) is 2.54. The standard InChI is InChI=1S/C16H25N3OS.ClH/c1-2-11-21-15-9-4-3-8-14(15)18-16(20)19-10-6-5-7-13(19)12-17;/h3-4,8-9,13H,2,5-7,10-12,17H2,1H3,(H,18,20);1H. The summed E-state index contributed by atoms with van der Waals surface area (Å²) >= 11 is 1.78. The van der Waals surface area contributed by atoms with E-state index in [2.05, 4.69) is 18.3 Å². The zero-order valence-electron chi connectivity index (χ0n) is 13.1. The van der Waals surface area contributed by atoms with E-state index >= 15 is 0 Å². The number of halogens is 1. The van der Waals surface area contributed by atoms with Crippen LogP contribution in [0, 0.1) is 0 Å². The van der Waals surface area contributed by atoms with Gasteiger partial charge in [0, 0.05) is 24.0 Å². The largest absolute Gasteiger partial charge is 0.328 e. The quantitative estimate of drug-likeness (QED) is 0.796. The van der Waals surface area contributed by atoms with Crippen molar-refractivity contribution in [3.05, 3.63) is 24.3 Å². The average molecular weight is 344 g/mol. The second-order valence-electron chi connectivity index (χ2n) is 5.35. The van der Waals surface area contributed by atoms with Crippen LogP contribution in [0.3, 0.4) is 0 Å². The van der Waals surface area contributed by atoms with Crippen molar-refractivity contribution in [2.24, 2.45) is 5.73 Å². The molecule has 1 atom stereocenters. The number of nitrogens with two attached hydrogens (primary N) is 1. The predicted molar refractivity (Wildman–Crippen MR) is 97.1 cm³/mol. The van der Waals surface area contributed by atoms with Crippen molar-refractivity contribution in [1.29, 1.82) is 0 Å². The Hall–Kier alpha value is -0.910. The molecule has 0 aliphatic carbocycles. The molecule has 1 aliphatic heterocycles. The smallest absolute Gasteiger partial charge is 0.322 e. The number of carbonyl (C=O) groups excluding carboxylic acids is 1. The lowest BCUT2D eigenvalue weighted by molar-refractivity contribution is 0.166. The number of hydrogen-bond acceptors (Lipinski definition) is 3. The number of piperidine rings is 1. The molecule has 6 heteroatoms. The van der Waals surface area contributed by atoms with Crippen molar-refractivity contribution in [1.82, 2.24) is 4.90 Å². The minimum Gasteiger partial charge on any atom is -0.328 e. The van der Waals surface area contributed by atoms with E-state index in [0.717, 1.165) is 48.6 Å². The number of nitrogens with one attached hydrogen (secondary N) is 1. The maximum absolute atomic E-state index is 12.5. The van der Waals surface area contributed by atoms with E-state index in [0.29, 0.717) is 6.54 Å². The molecule has 0 spiro atoms. The molecule has 1 aromatic carbocycles. The summed E-state index contributed by atoms with van der Waals surface area (Å²) in [6.07, 6.45) is 4.36. The van der Waals surface area contributed by atoms with Gasteiger partial charge in [-0.2, -0.15) is 0 Å². The molecule has 0 saturated carbocycles. The van der Waals surface area contributed by atoms with Crippen molar-refractivity contribution in [3.8, 4) is 0 Å². The molecule has 4 nitrogen and oxygen atoms in total. The zero-order chi connectivity index (χ0) is 15.1. The van der Waals surface area contributed by atoms with Gasteiger partial charge < -0.3 is 16.0 Å². The lowest BCUT2D eigenvalue weighted by Gasteiger charge is -2.35. The van der Waals surface area contributed by atoms with E-state index in [1.165, 1.54) is 0 Å². The van der Waals surface area contributed by atoms with Gasteiger partial charge in [-0.15, -0.1) is 24.2 Å². The summed E-state index contributed by atoms with van der Waals surface area (Å²) in [4.78, 5) is 15.5. The van der Waals surface area contributed by atoms with Gasteiger partial charge in [0.05, 0.1) is 5.69 Å². The third-order valence-electron chi connectivity index (χ3n) is 3.75. The number of carbonyl (C=O) groups is 1. The zero-order valence-corrected chi connectivity index (χ0v) is 14.7. The number of likely N-dealkylation sites (tertiary alicyclic amines) is 1. The van der Waals surface area contributed by atoms with Gasteiger partial charge in [-0.3, -0.25) is 0 Å². The first-order valence-electron chi connectivity index (χ1n) is 7.75. The lowest BCUT2D eigenvalue weighted by Crippen LogP contribution is -2.49. The third-order valence-corrected chi connectivity index (χ3v) is 5.03. The highest BCUT2D eigenvalue weighted by atomic mass is 35.5. The van der Waals surface area contributed by atoms with Crippen molar-refractivity contribution in [3.63, 3.8) is 0 Å². The fourth-order valence-corrected chi connectivity index (χ4v) is 3.48. The lowest BCUT2D eigenvalue weighted by atomic mass is 10.0. The summed E-state index contributed by atoms with van der Waals surface area (Å²) in [6.45, 7) is 3.51. The molecule has 2 rings (SSSR count). The second kappa shape index (κ2) is 9.98. The van der Waals surface area contributed by atoms with Crippen LogP contribution in [0.4, 0.5) is 10.5 Å². The first-order valence-corrected chi connectivity index (χ1v) is 8.74. The molecular weight excluding hydrogens is 318 g/mol. The van der Waals surface area contributed by atoms with Gasteiger partial charge in [0.25, 0.3) is 0 Å². The number of amides is 2. The first kappa shape index (κ1) is 19.1. The molecule has 2 amide bonds. The van der Waals surface area contributed by atoms with Gasteiger partial charge >= 0.3 is 6.03 Å². The number of thioether (sulfide) groups is 1. The van der Waals surface area contributed by atoms with Crippen LogP contribution < -0.4 is 11.1 Å². The van der Waals surface area contributed by atoms with Gasteiger partial charge in [-0.1, -0.05) is 19.1 Å². The fraction of sp³-hybridized carbons (Fsp3) is 0.562. The van der Waals surface area contributed by atoms with E-state index in [1.807, 2.05) is 23.1 Å². The third kappa shape index (κ3) is 5.07. The molecule has 1 saturated heterocycles. The van der Waals surface area contributed by atoms with Gasteiger partial charge in [0.15, 0.2) is 0 Å². The second-order valence-corrected chi connectivity index (χ2v) is 6.49. The van der Waals surface area contributed by atoms with Gasteiger partial charge in [0.1, 0.15) is 0 Å². The van der Waals surface area contributed by atoms with Crippen LogP contribution in [-0.4, -0.2) is 35.8 Å². The molecule has 1 heterocycles. The highest BCUT2D eigenvalue weighted by Gasteiger charge is 2.25. The highest BCUT2D eigenvalue weighted by molar-refractivity contribution is 7.99. The maximum Gasteiger partial charge on any atom is 0.322 e. The Morgan fingerprint density at radius 1 is 1.41 bits per heavy atom. The van der Waals surface area contributed by atoms with Crippen LogP contribution in [0.25, 0.3) is 0 Å². The Bertz CT molecular complexity index is 472. The Morgan fingerprint density at radius 2 is 2.18 bits per heavy atom. The topological polar surface area (TPSA) is 58.4 Å². The fourth-order valence-electron chi connectivity index (χ4n) is 2.61. The number of benzene rings is 1. The summed E-state index contributed by atoms with van der Waals surface area (Å²) in [5.41, 5.74) is 6.70. The van der Waals surface area contributed by atoms with Gasteiger partial charge in [0.2, 0.25) is 0 Å². The van der Waals surface area contributed by atoms with E-state index in [4.69, 9.17) is 5.73 Å². The normalized spacial score (nSPS) is 17.7.